The van der Waals surface area contributed by atoms with Crippen LogP contribution in [0, 0.1) is 18.3 Å². The number of hydrogen-bond donors (Lipinski definition) is 0. The van der Waals surface area contributed by atoms with Gasteiger partial charge < -0.3 is 9.80 Å². The normalized spacial score (nSPS) is 19.1. The molecular formula is C26H20ClN3O2S. The summed E-state index contributed by atoms with van der Waals surface area (Å²) >= 11 is 7.64. The fraction of sp³-hybridized carbons (Fsp3) is 0.192. The molecule has 0 saturated carbocycles. The molecule has 2 aliphatic rings. The minimum Gasteiger partial charge on any atom is -0.311 e. The summed E-state index contributed by atoms with van der Waals surface area (Å²) in [5.74, 6) is 0.309. The summed E-state index contributed by atoms with van der Waals surface area (Å²) in [6.07, 6.45) is 0. The van der Waals surface area contributed by atoms with Crippen LogP contribution in [0.1, 0.15) is 32.6 Å². The lowest BCUT2D eigenvalue weighted by molar-refractivity contribution is -0.123. The Balaban J connectivity index is 1.60. The molecule has 0 bridgehead atoms. The van der Waals surface area contributed by atoms with E-state index in [1.807, 2.05) is 37.3 Å². The van der Waals surface area contributed by atoms with Crippen LogP contribution in [0.15, 0.2) is 66.7 Å². The van der Waals surface area contributed by atoms with Crippen molar-refractivity contribution in [3.63, 3.8) is 0 Å². The first-order valence-electron chi connectivity index (χ1n) is 10.6. The molecule has 3 aromatic carbocycles. The van der Waals surface area contributed by atoms with Crippen molar-refractivity contribution in [2.45, 2.75) is 18.3 Å². The van der Waals surface area contributed by atoms with Gasteiger partial charge in [-0.3, -0.25) is 9.59 Å². The van der Waals surface area contributed by atoms with Crippen LogP contribution in [-0.4, -0.2) is 29.0 Å². The third-order valence-corrected chi connectivity index (χ3v) is 7.72. The molecule has 1 atom stereocenters. The van der Waals surface area contributed by atoms with Crippen LogP contribution < -0.4 is 4.90 Å². The molecule has 0 aromatic heterocycles. The molecule has 1 spiro atoms. The average molecular weight is 474 g/mol. The molecule has 7 heteroatoms. The zero-order chi connectivity index (χ0) is 23.2. The van der Waals surface area contributed by atoms with Crippen LogP contribution in [0.3, 0.4) is 0 Å². The standard InChI is InChI=1S/C26H20ClN3O2S/c1-17-8-9-23-22(12-17)26(25(32)29(23)16-19-5-2-4-18(13-19)15-28)30(10-11-33-26)24(31)20-6-3-7-21(27)14-20/h2-9,12-14H,10-11,16H2,1H3/t26-/m1/s1. The van der Waals surface area contributed by atoms with E-state index < -0.39 is 4.87 Å². The van der Waals surface area contributed by atoms with Crippen molar-refractivity contribution >= 4 is 40.9 Å². The van der Waals surface area contributed by atoms with Crippen molar-refractivity contribution in [3.8, 4) is 6.07 Å². The number of nitriles is 1. The number of fused-ring (bicyclic) bond motifs is 2. The third kappa shape index (κ3) is 3.49. The van der Waals surface area contributed by atoms with Crippen LogP contribution in [0.25, 0.3) is 0 Å². The van der Waals surface area contributed by atoms with Crippen LogP contribution in [-0.2, 0) is 16.2 Å². The van der Waals surface area contributed by atoms with Gasteiger partial charge in [0.1, 0.15) is 0 Å². The van der Waals surface area contributed by atoms with Crippen LogP contribution in [0.4, 0.5) is 5.69 Å². The van der Waals surface area contributed by atoms with Gasteiger partial charge in [0.05, 0.1) is 23.9 Å². The van der Waals surface area contributed by atoms with E-state index in [2.05, 4.69) is 6.07 Å². The number of halogens is 1. The highest BCUT2D eigenvalue weighted by Gasteiger charge is 2.59. The van der Waals surface area contributed by atoms with Crippen molar-refractivity contribution in [2.75, 3.05) is 17.2 Å². The molecule has 164 valence electrons. The first-order chi connectivity index (χ1) is 15.9. The predicted octanol–water partition coefficient (Wildman–Crippen LogP) is 5.11. The predicted molar refractivity (Wildman–Crippen MR) is 130 cm³/mol. The SMILES string of the molecule is Cc1ccc2c(c1)[C@@]1(SCCN1C(=O)c1cccc(Cl)c1)C(=O)N2Cc1cccc(C#N)c1. The topological polar surface area (TPSA) is 64.4 Å². The second-order valence-electron chi connectivity index (χ2n) is 8.18. The highest BCUT2D eigenvalue weighted by molar-refractivity contribution is 8.01. The summed E-state index contributed by atoms with van der Waals surface area (Å²) in [5.41, 5.74) is 4.53. The minimum absolute atomic E-state index is 0.136. The molecule has 0 unspecified atom stereocenters. The number of hydrogen-bond acceptors (Lipinski definition) is 4. The maximum Gasteiger partial charge on any atom is 0.268 e. The van der Waals surface area contributed by atoms with Gasteiger partial charge in [-0.15, -0.1) is 11.8 Å². The number of thioether (sulfide) groups is 1. The van der Waals surface area contributed by atoms with E-state index in [0.717, 1.165) is 22.4 Å². The Morgan fingerprint density at radius 2 is 1.97 bits per heavy atom. The summed E-state index contributed by atoms with van der Waals surface area (Å²) in [7, 11) is 0. The largest absolute Gasteiger partial charge is 0.311 e. The second kappa shape index (κ2) is 8.26. The first kappa shape index (κ1) is 21.6. The van der Waals surface area contributed by atoms with Crippen molar-refractivity contribution in [3.05, 3.63) is 99.6 Å². The van der Waals surface area contributed by atoms with Crippen LogP contribution >= 0.6 is 23.4 Å². The molecule has 2 heterocycles. The molecule has 1 fully saturated rings. The van der Waals surface area contributed by atoms with E-state index in [1.165, 1.54) is 11.8 Å². The van der Waals surface area contributed by atoms with Gasteiger partial charge in [0.25, 0.3) is 11.8 Å². The molecule has 0 N–H and O–H groups in total. The molecule has 33 heavy (non-hydrogen) atoms. The number of aryl methyl sites for hydroxylation is 1. The quantitative estimate of drug-likeness (QED) is 0.530. The summed E-state index contributed by atoms with van der Waals surface area (Å²) in [6.45, 7) is 2.78. The van der Waals surface area contributed by atoms with Crippen molar-refractivity contribution in [2.24, 2.45) is 0 Å². The smallest absolute Gasteiger partial charge is 0.268 e. The molecule has 2 amide bonds. The summed E-state index contributed by atoms with van der Waals surface area (Å²) in [5, 5.41) is 9.75. The zero-order valence-corrected chi connectivity index (χ0v) is 19.5. The van der Waals surface area contributed by atoms with Gasteiger partial charge in [0.2, 0.25) is 0 Å². The molecule has 0 aliphatic carbocycles. The monoisotopic (exact) mass is 473 g/mol. The summed E-state index contributed by atoms with van der Waals surface area (Å²) < 4.78 is 0. The molecule has 3 aromatic rings. The van der Waals surface area contributed by atoms with Gasteiger partial charge in [0, 0.05) is 28.4 Å². The molecule has 5 nitrogen and oxygen atoms in total. The van der Waals surface area contributed by atoms with E-state index in [0.29, 0.717) is 35.0 Å². The van der Waals surface area contributed by atoms with Crippen LogP contribution in [0.2, 0.25) is 5.02 Å². The molecule has 1 saturated heterocycles. The third-order valence-electron chi connectivity index (χ3n) is 6.06. The first-order valence-corrected chi connectivity index (χ1v) is 11.9. The molecule has 5 rings (SSSR count). The lowest BCUT2D eigenvalue weighted by atomic mass is 10.0. The van der Waals surface area contributed by atoms with Gasteiger partial charge in [-0.25, -0.2) is 0 Å². The number of rotatable bonds is 3. The molecule has 2 aliphatic heterocycles. The maximum atomic E-state index is 14.1. The Labute approximate surface area is 201 Å². The Kier molecular flexibility index (Phi) is 5.40. The number of amides is 2. The van der Waals surface area contributed by atoms with Gasteiger partial charge in [0.15, 0.2) is 4.87 Å². The zero-order valence-electron chi connectivity index (χ0n) is 17.9. The second-order valence-corrected chi connectivity index (χ2v) is 9.91. The number of carbonyl (C=O) groups excluding carboxylic acids is 2. The van der Waals surface area contributed by atoms with Gasteiger partial charge >= 0.3 is 0 Å². The Morgan fingerprint density at radius 1 is 1.15 bits per heavy atom. The van der Waals surface area contributed by atoms with E-state index in [-0.39, 0.29) is 11.8 Å². The number of nitrogens with zero attached hydrogens (tertiary/aromatic N) is 3. The molecular weight excluding hydrogens is 454 g/mol. The number of anilines is 1. The lowest BCUT2D eigenvalue weighted by Crippen LogP contribution is -2.50. The van der Waals surface area contributed by atoms with Gasteiger partial charge in [-0.05, 0) is 48.9 Å². The van der Waals surface area contributed by atoms with Gasteiger partial charge in [-0.2, -0.15) is 5.26 Å². The number of benzene rings is 3. The van der Waals surface area contributed by atoms with E-state index in [1.54, 1.807) is 46.2 Å². The highest BCUT2D eigenvalue weighted by atomic mass is 35.5. The fourth-order valence-corrected chi connectivity index (χ4v) is 6.23. The fourth-order valence-electron chi connectivity index (χ4n) is 4.59. The van der Waals surface area contributed by atoms with Crippen molar-refractivity contribution in [1.82, 2.24) is 4.90 Å². The van der Waals surface area contributed by atoms with Crippen molar-refractivity contribution < 1.29 is 9.59 Å². The molecule has 0 radical (unpaired) electrons. The Hall–Kier alpha value is -3.27. The van der Waals surface area contributed by atoms with Gasteiger partial charge in [-0.1, -0.05) is 47.5 Å². The number of carbonyl (C=O) groups is 2. The maximum absolute atomic E-state index is 14.1. The lowest BCUT2D eigenvalue weighted by Gasteiger charge is -2.33. The minimum atomic E-state index is -1.12. The van der Waals surface area contributed by atoms with Crippen molar-refractivity contribution in [1.29, 1.82) is 5.26 Å². The highest BCUT2D eigenvalue weighted by Crippen LogP contribution is 2.55. The van der Waals surface area contributed by atoms with E-state index in [9.17, 15) is 14.9 Å². The Bertz CT molecular complexity index is 1340. The summed E-state index contributed by atoms with van der Waals surface area (Å²) in [6, 6.07) is 22.2. The average Bonchev–Trinajstić information content (AvgIpc) is 3.36. The van der Waals surface area contributed by atoms with E-state index in [4.69, 9.17) is 11.6 Å². The Morgan fingerprint density at radius 3 is 2.76 bits per heavy atom. The van der Waals surface area contributed by atoms with E-state index >= 15 is 0 Å². The summed E-state index contributed by atoms with van der Waals surface area (Å²) in [4.78, 5) is 30.0. The van der Waals surface area contributed by atoms with Crippen LogP contribution in [0.5, 0.6) is 0 Å².